The maximum absolute atomic E-state index is 12.6. The first-order valence-electron chi connectivity index (χ1n) is 7.55. The van der Waals surface area contributed by atoms with Crippen LogP contribution in [-0.4, -0.2) is 59.9 Å². The second-order valence-electron chi connectivity index (χ2n) is 5.37. The van der Waals surface area contributed by atoms with Crippen molar-refractivity contribution in [2.45, 2.75) is 0 Å². The number of nitrogens with one attached hydrogen (secondary N) is 1. The van der Waals surface area contributed by atoms with E-state index in [9.17, 15) is 9.59 Å². The molecule has 2 heterocycles. The van der Waals surface area contributed by atoms with Crippen molar-refractivity contribution in [2.75, 3.05) is 33.3 Å². The Kier molecular flexibility index (Phi) is 4.32. The number of rotatable bonds is 3. The molecule has 0 unspecified atom stereocenters. The van der Waals surface area contributed by atoms with Crippen LogP contribution in [0.15, 0.2) is 42.6 Å². The molecule has 1 aromatic heterocycles. The van der Waals surface area contributed by atoms with Gasteiger partial charge in [-0.05, 0) is 24.3 Å². The van der Waals surface area contributed by atoms with E-state index in [4.69, 9.17) is 4.74 Å². The molecule has 1 saturated heterocycles. The number of methoxy groups -OCH3 is 1. The first-order chi connectivity index (χ1) is 11.2. The van der Waals surface area contributed by atoms with Gasteiger partial charge in [0.2, 0.25) is 0 Å². The van der Waals surface area contributed by atoms with Gasteiger partial charge in [-0.2, -0.15) is 0 Å². The molecule has 1 aliphatic heterocycles. The Morgan fingerprint density at radius 3 is 2.22 bits per heavy atom. The summed E-state index contributed by atoms with van der Waals surface area (Å²) in [6.07, 6.45) is 1.73. The lowest BCUT2D eigenvalue weighted by Gasteiger charge is -2.34. The van der Waals surface area contributed by atoms with Gasteiger partial charge >= 0.3 is 0 Å². The van der Waals surface area contributed by atoms with Gasteiger partial charge in [0.25, 0.3) is 11.8 Å². The van der Waals surface area contributed by atoms with Crippen LogP contribution in [0.25, 0.3) is 0 Å². The van der Waals surface area contributed by atoms with Gasteiger partial charge in [-0.3, -0.25) is 9.59 Å². The van der Waals surface area contributed by atoms with E-state index in [1.54, 1.807) is 47.4 Å². The zero-order chi connectivity index (χ0) is 16.2. The largest absolute Gasteiger partial charge is 0.496 e. The van der Waals surface area contributed by atoms with Gasteiger partial charge in [0, 0.05) is 32.4 Å². The monoisotopic (exact) mass is 313 g/mol. The van der Waals surface area contributed by atoms with Gasteiger partial charge in [0.15, 0.2) is 0 Å². The van der Waals surface area contributed by atoms with Gasteiger partial charge in [0.1, 0.15) is 11.4 Å². The van der Waals surface area contributed by atoms with E-state index in [1.165, 1.54) is 0 Å². The molecule has 0 saturated carbocycles. The highest BCUT2D eigenvalue weighted by atomic mass is 16.5. The third kappa shape index (κ3) is 3.06. The van der Waals surface area contributed by atoms with E-state index in [1.807, 2.05) is 12.1 Å². The van der Waals surface area contributed by atoms with Crippen molar-refractivity contribution in [3.8, 4) is 5.75 Å². The fraction of sp³-hybridized carbons (Fsp3) is 0.294. The molecule has 0 radical (unpaired) electrons. The zero-order valence-corrected chi connectivity index (χ0v) is 13.0. The Bertz CT molecular complexity index is 689. The summed E-state index contributed by atoms with van der Waals surface area (Å²) in [7, 11) is 1.55. The van der Waals surface area contributed by atoms with Crippen LogP contribution in [0.2, 0.25) is 0 Å². The molecular formula is C17H19N3O3. The second-order valence-corrected chi connectivity index (χ2v) is 5.37. The number of hydrogen-bond donors (Lipinski definition) is 1. The standard InChI is InChI=1S/C17H19N3O3/c1-23-15-7-3-2-5-13(15)16(21)19-9-11-20(12-10-19)17(22)14-6-4-8-18-14/h2-8,18H,9-12H2,1H3. The van der Waals surface area contributed by atoms with Crippen LogP contribution in [-0.2, 0) is 0 Å². The molecule has 1 aromatic carbocycles. The summed E-state index contributed by atoms with van der Waals surface area (Å²) in [5, 5.41) is 0. The van der Waals surface area contributed by atoms with E-state index in [-0.39, 0.29) is 11.8 Å². The lowest BCUT2D eigenvalue weighted by atomic mass is 10.1. The summed E-state index contributed by atoms with van der Waals surface area (Å²) in [5.41, 5.74) is 1.13. The highest BCUT2D eigenvalue weighted by Crippen LogP contribution is 2.20. The van der Waals surface area contributed by atoms with Gasteiger partial charge in [-0.25, -0.2) is 0 Å². The third-order valence-electron chi connectivity index (χ3n) is 4.02. The number of carbonyl (C=O) groups is 2. The van der Waals surface area contributed by atoms with Crippen LogP contribution < -0.4 is 4.74 Å². The molecule has 6 nitrogen and oxygen atoms in total. The van der Waals surface area contributed by atoms with Crippen molar-refractivity contribution < 1.29 is 14.3 Å². The number of hydrogen-bond acceptors (Lipinski definition) is 3. The van der Waals surface area contributed by atoms with Crippen molar-refractivity contribution >= 4 is 11.8 Å². The number of aromatic nitrogens is 1. The van der Waals surface area contributed by atoms with E-state index in [0.29, 0.717) is 43.2 Å². The van der Waals surface area contributed by atoms with Gasteiger partial charge < -0.3 is 19.5 Å². The van der Waals surface area contributed by atoms with Gasteiger partial charge in [0.05, 0.1) is 12.7 Å². The molecule has 2 aromatic rings. The molecule has 1 aliphatic rings. The number of nitrogens with zero attached hydrogens (tertiary/aromatic N) is 2. The fourth-order valence-corrected chi connectivity index (χ4v) is 2.74. The molecule has 1 fully saturated rings. The SMILES string of the molecule is COc1ccccc1C(=O)N1CCN(C(=O)c2ccc[nH]2)CC1. The van der Waals surface area contributed by atoms with Crippen molar-refractivity contribution in [1.29, 1.82) is 0 Å². The smallest absolute Gasteiger partial charge is 0.270 e. The zero-order valence-electron chi connectivity index (χ0n) is 13.0. The number of ether oxygens (including phenoxy) is 1. The quantitative estimate of drug-likeness (QED) is 0.936. The van der Waals surface area contributed by atoms with Crippen molar-refractivity contribution in [3.63, 3.8) is 0 Å². The fourth-order valence-electron chi connectivity index (χ4n) is 2.74. The number of H-pyrrole nitrogens is 1. The second kappa shape index (κ2) is 6.56. The number of benzene rings is 1. The summed E-state index contributed by atoms with van der Waals surface area (Å²) in [4.78, 5) is 31.3. The number of piperazine rings is 1. The minimum Gasteiger partial charge on any atom is -0.496 e. The Labute approximate surface area is 134 Å². The van der Waals surface area contributed by atoms with Crippen LogP contribution in [0.4, 0.5) is 0 Å². The Hall–Kier alpha value is -2.76. The molecule has 0 atom stereocenters. The maximum Gasteiger partial charge on any atom is 0.270 e. The first kappa shape index (κ1) is 15.1. The highest BCUT2D eigenvalue weighted by Gasteiger charge is 2.26. The van der Waals surface area contributed by atoms with Crippen molar-refractivity contribution in [3.05, 3.63) is 53.9 Å². The molecule has 2 amide bonds. The Morgan fingerprint density at radius 2 is 1.61 bits per heavy atom. The van der Waals surface area contributed by atoms with E-state index in [0.717, 1.165) is 0 Å². The van der Waals surface area contributed by atoms with Crippen molar-refractivity contribution in [1.82, 2.24) is 14.8 Å². The van der Waals surface area contributed by atoms with E-state index < -0.39 is 0 Å². The summed E-state index contributed by atoms with van der Waals surface area (Å²) in [6, 6.07) is 10.8. The Morgan fingerprint density at radius 1 is 0.957 bits per heavy atom. The summed E-state index contributed by atoms with van der Waals surface area (Å²) < 4.78 is 5.25. The normalized spacial score (nSPS) is 14.7. The average molecular weight is 313 g/mol. The van der Waals surface area contributed by atoms with Crippen LogP contribution in [0, 0.1) is 0 Å². The molecule has 0 aliphatic carbocycles. The predicted octanol–water partition coefficient (Wildman–Crippen LogP) is 1.62. The molecule has 0 spiro atoms. The van der Waals surface area contributed by atoms with Gasteiger partial charge in [-0.15, -0.1) is 0 Å². The van der Waals surface area contributed by atoms with Crippen LogP contribution in [0.1, 0.15) is 20.8 Å². The molecule has 3 rings (SSSR count). The van der Waals surface area contributed by atoms with Crippen LogP contribution in [0.5, 0.6) is 5.75 Å². The highest BCUT2D eigenvalue weighted by molar-refractivity contribution is 5.97. The van der Waals surface area contributed by atoms with Crippen molar-refractivity contribution in [2.24, 2.45) is 0 Å². The summed E-state index contributed by atoms with van der Waals surface area (Å²) in [5.74, 6) is 0.483. The number of para-hydroxylation sites is 1. The number of aromatic amines is 1. The minimum absolute atomic E-state index is 0.0283. The maximum atomic E-state index is 12.6. The third-order valence-corrected chi connectivity index (χ3v) is 4.02. The molecular weight excluding hydrogens is 294 g/mol. The van der Waals surface area contributed by atoms with Crippen LogP contribution >= 0.6 is 0 Å². The first-order valence-corrected chi connectivity index (χ1v) is 7.55. The van der Waals surface area contributed by atoms with E-state index >= 15 is 0 Å². The van der Waals surface area contributed by atoms with Gasteiger partial charge in [-0.1, -0.05) is 12.1 Å². The number of amides is 2. The summed E-state index contributed by atoms with van der Waals surface area (Å²) in [6.45, 7) is 2.09. The molecule has 6 heteroatoms. The topological polar surface area (TPSA) is 65.6 Å². The lowest BCUT2D eigenvalue weighted by molar-refractivity contribution is 0.0531. The Balaban J connectivity index is 1.65. The summed E-state index contributed by atoms with van der Waals surface area (Å²) >= 11 is 0. The van der Waals surface area contributed by atoms with E-state index in [2.05, 4.69) is 4.98 Å². The molecule has 120 valence electrons. The molecule has 1 N–H and O–H groups in total. The molecule has 0 bridgehead atoms. The van der Waals surface area contributed by atoms with Crippen LogP contribution in [0.3, 0.4) is 0 Å². The predicted molar refractivity (Wildman–Crippen MR) is 85.6 cm³/mol. The molecule has 23 heavy (non-hydrogen) atoms. The minimum atomic E-state index is -0.0607. The lowest BCUT2D eigenvalue weighted by Crippen LogP contribution is -2.50. The average Bonchev–Trinajstić information content (AvgIpc) is 3.15. The number of carbonyl (C=O) groups excluding carboxylic acids is 2.